The molecule has 0 bridgehead atoms. The summed E-state index contributed by atoms with van der Waals surface area (Å²) in [5.41, 5.74) is 2.32. The fourth-order valence-electron chi connectivity index (χ4n) is 2.31. The van der Waals surface area contributed by atoms with Crippen LogP contribution in [0.1, 0.15) is 24.5 Å². The summed E-state index contributed by atoms with van der Waals surface area (Å²) in [5.74, 6) is 0.298. The number of benzene rings is 1. The number of hydrogen-bond acceptors (Lipinski definition) is 1. The van der Waals surface area contributed by atoms with Gasteiger partial charge in [-0.25, -0.2) is 4.39 Å². The maximum Gasteiger partial charge on any atom is 0.123 e. The third-order valence-electron chi connectivity index (χ3n) is 3.39. The molecule has 0 N–H and O–H groups in total. The number of halogens is 1. The van der Waals surface area contributed by atoms with Gasteiger partial charge in [-0.15, -0.1) is 0 Å². The summed E-state index contributed by atoms with van der Waals surface area (Å²) >= 11 is 0. The molecule has 0 radical (unpaired) electrons. The molecule has 2 heteroatoms. The molecule has 1 aliphatic rings. The summed E-state index contributed by atoms with van der Waals surface area (Å²) in [6.45, 7) is 1.95. The third kappa shape index (κ3) is 2.09. The first-order chi connectivity index (χ1) is 7.20. The van der Waals surface area contributed by atoms with Gasteiger partial charge in [0, 0.05) is 5.92 Å². The first kappa shape index (κ1) is 10.3. The fourth-order valence-corrected chi connectivity index (χ4v) is 2.31. The van der Waals surface area contributed by atoms with Gasteiger partial charge >= 0.3 is 0 Å². The van der Waals surface area contributed by atoms with Crippen molar-refractivity contribution in [2.45, 2.75) is 26.2 Å². The molecule has 0 heterocycles. The standard InChI is InChI=1S/C13H15FO/c1-9(8-15)11-3-2-10-4-5-13(14)7-12(10)6-11/h4-5,7-9,11H,2-3,6H2,1H3. The first-order valence-corrected chi connectivity index (χ1v) is 5.43. The maximum absolute atomic E-state index is 13.0. The molecule has 2 unspecified atom stereocenters. The van der Waals surface area contributed by atoms with E-state index in [1.165, 1.54) is 11.6 Å². The Hall–Kier alpha value is -1.18. The van der Waals surface area contributed by atoms with Crippen LogP contribution in [0.25, 0.3) is 0 Å². The molecule has 0 fully saturated rings. The molecule has 0 saturated carbocycles. The molecule has 2 rings (SSSR count). The van der Waals surface area contributed by atoms with Crippen molar-refractivity contribution in [2.24, 2.45) is 11.8 Å². The zero-order valence-electron chi connectivity index (χ0n) is 8.87. The summed E-state index contributed by atoms with van der Waals surface area (Å²) < 4.78 is 13.0. The molecule has 0 spiro atoms. The molecule has 15 heavy (non-hydrogen) atoms. The van der Waals surface area contributed by atoms with E-state index < -0.39 is 0 Å². The van der Waals surface area contributed by atoms with Crippen molar-refractivity contribution in [1.29, 1.82) is 0 Å². The second-order valence-corrected chi connectivity index (χ2v) is 4.41. The summed E-state index contributed by atoms with van der Waals surface area (Å²) in [6, 6.07) is 4.99. The number of aryl methyl sites for hydroxylation is 1. The van der Waals surface area contributed by atoms with Crippen LogP contribution in [0.2, 0.25) is 0 Å². The van der Waals surface area contributed by atoms with Gasteiger partial charge in [0.2, 0.25) is 0 Å². The van der Waals surface area contributed by atoms with Crippen molar-refractivity contribution in [1.82, 2.24) is 0 Å². The molecule has 1 aromatic rings. The van der Waals surface area contributed by atoms with E-state index in [2.05, 4.69) is 0 Å². The topological polar surface area (TPSA) is 17.1 Å². The van der Waals surface area contributed by atoms with Gasteiger partial charge in [0.15, 0.2) is 0 Å². The molecule has 2 atom stereocenters. The molecule has 1 nitrogen and oxygen atoms in total. The Morgan fingerprint density at radius 1 is 1.47 bits per heavy atom. The molecule has 0 aliphatic heterocycles. The highest BCUT2D eigenvalue weighted by Crippen LogP contribution is 2.29. The molecular formula is C13H15FO. The van der Waals surface area contributed by atoms with Gasteiger partial charge in [-0.2, -0.15) is 0 Å². The van der Waals surface area contributed by atoms with Crippen molar-refractivity contribution in [3.63, 3.8) is 0 Å². The van der Waals surface area contributed by atoms with E-state index in [0.29, 0.717) is 5.92 Å². The Balaban J connectivity index is 2.21. The van der Waals surface area contributed by atoms with E-state index in [1.54, 1.807) is 6.07 Å². The number of carbonyl (C=O) groups is 1. The number of carbonyl (C=O) groups excluding carboxylic acids is 1. The average molecular weight is 206 g/mol. The van der Waals surface area contributed by atoms with Crippen molar-refractivity contribution < 1.29 is 9.18 Å². The average Bonchev–Trinajstić information content (AvgIpc) is 2.27. The second kappa shape index (κ2) is 4.13. The van der Waals surface area contributed by atoms with Crippen molar-refractivity contribution in [2.75, 3.05) is 0 Å². The summed E-state index contributed by atoms with van der Waals surface area (Å²) in [5, 5.41) is 0. The van der Waals surface area contributed by atoms with Crippen LogP contribution in [0.3, 0.4) is 0 Å². The molecule has 1 aromatic carbocycles. The quantitative estimate of drug-likeness (QED) is 0.680. The van der Waals surface area contributed by atoms with Crippen LogP contribution < -0.4 is 0 Å². The molecule has 1 aliphatic carbocycles. The highest BCUT2D eigenvalue weighted by Gasteiger charge is 2.23. The Bertz CT molecular complexity index is 373. The third-order valence-corrected chi connectivity index (χ3v) is 3.39. The predicted octanol–water partition coefficient (Wildman–Crippen LogP) is 2.77. The van der Waals surface area contributed by atoms with Gasteiger partial charge in [0.25, 0.3) is 0 Å². The van der Waals surface area contributed by atoms with Gasteiger partial charge in [0.1, 0.15) is 12.1 Å². The van der Waals surface area contributed by atoms with Crippen LogP contribution in [0.4, 0.5) is 4.39 Å². The van der Waals surface area contributed by atoms with Crippen LogP contribution in [-0.4, -0.2) is 6.29 Å². The predicted molar refractivity (Wildman–Crippen MR) is 57.1 cm³/mol. The summed E-state index contributed by atoms with van der Waals surface area (Å²) in [6.07, 6.45) is 3.86. The van der Waals surface area contributed by atoms with E-state index >= 15 is 0 Å². The lowest BCUT2D eigenvalue weighted by atomic mass is 9.78. The SMILES string of the molecule is CC(C=O)C1CCc2ccc(F)cc2C1. The van der Waals surface area contributed by atoms with E-state index in [9.17, 15) is 9.18 Å². The van der Waals surface area contributed by atoms with E-state index in [4.69, 9.17) is 0 Å². The highest BCUT2D eigenvalue weighted by molar-refractivity contribution is 5.53. The van der Waals surface area contributed by atoms with Gasteiger partial charge in [-0.3, -0.25) is 0 Å². The monoisotopic (exact) mass is 206 g/mol. The van der Waals surface area contributed by atoms with E-state index in [1.807, 2.05) is 13.0 Å². The minimum atomic E-state index is -0.173. The smallest absolute Gasteiger partial charge is 0.123 e. The van der Waals surface area contributed by atoms with Crippen molar-refractivity contribution in [3.05, 3.63) is 35.1 Å². The largest absolute Gasteiger partial charge is 0.303 e. The normalized spacial score (nSPS) is 21.9. The number of rotatable bonds is 2. The minimum Gasteiger partial charge on any atom is -0.303 e. The van der Waals surface area contributed by atoms with Gasteiger partial charge in [-0.05, 0) is 48.4 Å². The van der Waals surface area contributed by atoms with Crippen molar-refractivity contribution >= 4 is 6.29 Å². The highest BCUT2D eigenvalue weighted by atomic mass is 19.1. The Morgan fingerprint density at radius 3 is 3.00 bits per heavy atom. The lowest BCUT2D eigenvalue weighted by Gasteiger charge is -2.26. The molecule has 80 valence electrons. The molecule has 0 amide bonds. The van der Waals surface area contributed by atoms with Gasteiger partial charge in [0.05, 0.1) is 0 Å². The lowest BCUT2D eigenvalue weighted by molar-refractivity contribution is -0.112. The van der Waals surface area contributed by atoms with Gasteiger partial charge in [-0.1, -0.05) is 13.0 Å². The Labute approximate surface area is 89.3 Å². The van der Waals surface area contributed by atoms with E-state index in [0.717, 1.165) is 31.1 Å². The fraction of sp³-hybridized carbons (Fsp3) is 0.462. The van der Waals surface area contributed by atoms with Crippen LogP contribution in [0.5, 0.6) is 0 Å². The van der Waals surface area contributed by atoms with Crippen LogP contribution >= 0.6 is 0 Å². The zero-order valence-corrected chi connectivity index (χ0v) is 8.87. The Morgan fingerprint density at radius 2 is 2.27 bits per heavy atom. The van der Waals surface area contributed by atoms with Crippen LogP contribution in [0, 0.1) is 17.7 Å². The minimum absolute atomic E-state index is 0.0846. The Kier molecular flexibility index (Phi) is 2.85. The summed E-state index contributed by atoms with van der Waals surface area (Å²) in [4.78, 5) is 10.7. The summed E-state index contributed by atoms with van der Waals surface area (Å²) in [7, 11) is 0. The van der Waals surface area contributed by atoms with Crippen LogP contribution in [0.15, 0.2) is 18.2 Å². The second-order valence-electron chi connectivity index (χ2n) is 4.41. The first-order valence-electron chi connectivity index (χ1n) is 5.43. The molecule has 0 saturated heterocycles. The van der Waals surface area contributed by atoms with Crippen molar-refractivity contribution in [3.8, 4) is 0 Å². The molecule has 0 aromatic heterocycles. The van der Waals surface area contributed by atoms with Crippen LogP contribution in [-0.2, 0) is 17.6 Å². The number of hydrogen-bond donors (Lipinski definition) is 0. The number of fused-ring (bicyclic) bond motifs is 1. The zero-order chi connectivity index (χ0) is 10.8. The lowest BCUT2D eigenvalue weighted by Crippen LogP contribution is -2.21. The number of aldehydes is 1. The maximum atomic E-state index is 13.0. The van der Waals surface area contributed by atoms with E-state index in [-0.39, 0.29) is 11.7 Å². The molecular weight excluding hydrogens is 191 g/mol. The van der Waals surface area contributed by atoms with Gasteiger partial charge < -0.3 is 4.79 Å².